The average molecular weight is 518 g/mol. The molecule has 5 rings (SSSR count). The molecule has 7 nitrogen and oxygen atoms in total. The summed E-state index contributed by atoms with van der Waals surface area (Å²) < 4.78 is 5.44. The third-order valence-corrected chi connectivity index (χ3v) is 6.93. The summed E-state index contributed by atoms with van der Waals surface area (Å²) in [6, 6.07) is 21.1. The van der Waals surface area contributed by atoms with Crippen molar-refractivity contribution in [3.63, 3.8) is 0 Å². The average Bonchev–Trinajstić information content (AvgIpc) is 3.22. The number of nitrogens with one attached hydrogen (secondary N) is 1. The summed E-state index contributed by atoms with van der Waals surface area (Å²) in [4.78, 5) is 31.4. The van der Waals surface area contributed by atoms with Crippen molar-refractivity contribution in [1.82, 2.24) is 4.90 Å². The SMILES string of the molecule is O=C(O)CCc1ccc(C(=Nc2ccc(CN3CCOCC3)cc2)C2C(=O)Nc3cc(Cl)ccc32)cc1. The first-order valence-electron chi connectivity index (χ1n) is 12.4. The smallest absolute Gasteiger partial charge is 0.303 e. The number of carbonyl (C=O) groups is 2. The van der Waals surface area contributed by atoms with Crippen LogP contribution in [-0.4, -0.2) is 53.9 Å². The molecule has 190 valence electrons. The summed E-state index contributed by atoms with van der Waals surface area (Å²) >= 11 is 6.17. The Kier molecular flexibility index (Phi) is 7.65. The molecule has 0 aliphatic carbocycles. The number of carbonyl (C=O) groups excluding carboxylic acids is 1. The number of aliphatic carboxylic acids is 1. The van der Waals surface area contributed by atoms with Gasteiger partial charge in [0.15, 0.2) is 0 Å². The number of aliphatic imine (C=N–C) groups is 1. The minimum Gasteiger partial charge on any atom is -0.481 e. The monoisotopic (exact) mass is 517 g/mol. The van der Waals surface area contributed by atoms with E-state index in [9.17, 15) is 9.59 Å². The van der Waals surface area contributed by atoms with Gasteiger partial charge in [-0.1, -0.05) is 54.1 Å². The number of ether oxygens (including phenoxy) is 1. The zero-order chi connectivity index (χ0) is 25.8. The van der Waals surface area contributed by atoms with Crippen molar-refractivity contribution >= 4 is 40.6 Å². The van der Waals surface area contributed by atoms with Crippen LogP contribution in [0.15, 0.2) is 71.7 Å². The fourth-order valence-electron chi connectivity index (χ4n) is 4.73. The van der Waals surface area contributed by atoms with Gasteiger partial charge in [-0.05, 0) is 52.9 Å². The molecule has 3 aromatic carbocycles. The van der Waals surface area contributed by atoms with E-state index in [0.29, 0.717) is 22.8 Å². The summed E-state index contributed by atoms with van der Waals surface area (Å²) in [6.45, 7) is 4.23. The summed E-state index contributed by atoms with van der Waals surface area (Å²) in [5.74, 6) is -1.58. The van der Waals surface area contributed by atoms with E-state index in [0.717, 1.165) is 55.2 Å². The van der Waals surface area contributed by atoms with Gasteiger partial charge in [-0.25, -0.2) is 0 Å². The van der Waals surface area contributed by atoms with E-state index in [4.69, 9.17) is 26.4 Å². The standard InChI is InChI=1S/C29H28ClN3O4/c30-22-8-11-24-25(17-22)32-29(36)27(24)28(21-6-1-19(2-7-21)5-12-26(34)35)31-23-9-3-20(4-10-23)18-33-13-15-37-16-14-33/h1-4,6-11,17,27H,5,12-16,18H2,(H,32,36)(H,34,35). The van der Waals surface area contributed by atoms with E-state index in [1.165, 1.54) is 5.56 Å². The second-order valence-corrected chi connectivity index (χ2v) is 9.73. The van der Waals surface area contributed by atoms with E-state index in [-0.39, 0.29) is 12.3 Å². The molecule has 37 heavy (non-hydrogen) atoms. The van der Waals surface area contributed by atoms with E-state index < -0.39 is 11.9 Å². The number of halogens is 1. The Bertz CT molecular complexity index is 1320. The molecule has 0 aromatic heterocycles. The number of carboxylic acid groups (broad SMARTS) is 1. The first-order valence-corrected chi connectivity index (χ1v) is 12.7. The van der Waals surface area contributed by atoms with E-state index in [1.54, 1.807) is 12.1 Å². The maximum absolute atomic E-state index is 13.2. The Morgan fingerprint density at radius 1 is 1.03 bits per heavy atom. The lowest BCUT2D eigenvalue weighted by Crippen LogP contribution is -2.35. The van der Waals surface area contributed by atoms with Gasteiger partial charge in [-0.3, -0.25) is 19.5 Å². The van der Waals surface area contributed by atoms with Crippen LogP contribution in [0.4, 0.5) is 11.4 Å². The van der Waals surface area contributed by atoms with Crippen LogP contribution in [0.1, 0.15) is 34.6 Å². The van der Waals surface area contributed by atoms with Crippen molar-refractivity contribution in [1.29, 1.82) is 0 Å². The molecule has 2 heterocycles. The zero-order valence-corrected chi connectivity index (χ0v) is 21.1. The van der Waals surface area contributed by atoms with E-state index in [2.05, 4.69) is 22.3 Å². The largest absolute Gasteiger partial charge is 0.481 e. The van der Waals surface area contributed by atoms with Crippen molar-refractivity contribution in [2.24, 2.45) is 4.99 Å². The molecule has 1 atom stereocenters. The molecule has 1 saturated heterocycles. The second kappa shape index (κ2) is 11.3. The van der Waals surface area contributed by atoms with Gasteiger partial charge in [-0.15, -0.1) is 0 Å². The molecule has 3 aromatic rings. The molecule has 1 unspecified atom stereocenters. The van der Waals surface area contributed by atoms with Crippen molar-refractivity contribution < 1.29 is 19.4 Å². The van der Waals surface area contributed by atoms with Crippen LogP contribution in [-0.2, 0) is 27.3 Å². The molecule has 1 fully saturated rings. The molecule has 2 N–H and O–H groups in total. The number of hydrogen-bond donors (Lipinski definition) is 2. The Hall–Kier alpha value is -3.52. The lowest BCUT2D eigenvalue weighted by molar-refractivity contribution is -0.137. The lowest BCUT2D eigenvalue weighted by atomic mass is 9.90. The van der Waals surface area contributed by atoms with Gasteiger partial charge in [0.25, 0.3) is 0 Å². The Morgan fingerprint density at radius 3 is 2.43 bits per heavy atom. The van der Waals surface area contributed by atoms with Crippen LogP contribution >= 0.6 is 11.6 Å². The number of nitrogens with zero attached hydrogens (tertiary/aromatic N) is 2. The predicted octanol–water partition coefficient (Wildman–Crippen LogP) is 5.05. The van der Waals surface area contributed by atoms with Gasteiger partial charge >= 0.3 is 5.97 Å². The van der Waals surface area contributed by atoms with Crippen LogP contribution in [0.5, 0.6) is 0 Å². The molecule has 2 aliphatic heterocycles. The molecule has 0 spiro atoms. The zero-order valence-electron chi connectivity index (χ0n) is 20.3. The highest BCUT2D eigenvalue weighted by molar-refractivity contribution is 6.31. The van der Waals surface area contributed by atoms with E-state index in [1.807, 2.05) is 42.5 Å². The van der Waals surface area contributed by atoms with Gasteiger partial charge < -0.3 is 15.2 Å². The number of fused-ring (bicyclic) bond motifs is 1. The molecular formula is C29H28ClN3O4. The molecule has 1 amide bonds. The minimum atomic E-state index is -0.832. The highest BCUT2D eigenvalue weighted by atomic mass is 35.5. The maximum Gasteiger partial charge on any atom is 0.303 e. The highest BCUT2D eigenvalue weighted by Crippen LogP contribution is 2.37. The van der Waals surface area contributed by atoms with E-state index >= 15 is 0 Å². The normalized spacial score (nSPS) is 17.9. The van der Waals surface area contributed by atoms with Crippen LogP contribution in [0.25, 0.3) is 0 Å². The highest BCUT2D eigenvalue weighted by Gasteiger charge is 2.35. The molecule has 0 radical (unpaired) electrons. The topological polar surface area (TPSA) is 91.2 Å². The number of carboxylic acids is 1. The fourth-order valence-corrected chi connectivity index (χ4v) is 4.90. The van der Waals surface area contributed by atoms with Crippen molar-refractivity contribution in [2.75, 3.05) is 31.6 Å². The van der Waals surface area contributed by atoms with Crippen molar-refractivity contribution in [3.05, 3.63) is 94.0 Å². The number of amides is 1. The molecule has 2 aliphatic rings. The molecule has 0 saturated carbocycles. The number of hydrogen-bond acceptors (Lipinski definition) is 5. The van der Waals surface area contributed by atoms with Gasteiger partial charge in [0, 0.05) is 36.8 Å². The van der Waals surface area contributed by atoms with Gasteiger partial charge in [0.2, 0.25) is 5.91 Å². The lowest BCUT2D eigenvalue weighted by Gasteiger charge is -2.26. The first kappa shape index (κ1) is 25.1. The maximum atomic E-state index is 13.2. The van der Waals surface area contributed by atoms with Crippen molar-refractivity contribution in [3.8, 4) is 0 Å². The van der Waals surface area contributed by atoms with Crippen LogP contribution in [0.3, 0.4) is 0 Å². The predicted molar refractivity (Wildman–Crippen MR) is 144 cm³/mol. The number of aryl methyl sites for hydroxylation is 1. The van der Waals surface area contributed by atoms with Gasteiger partial charge in [-0.2, -0.15) is 0 Å². The number of morpholine rings is 1. The molecular weight excluding hydrogens is 490 g/mol. The number of rotatable bonds is 8. The van der Waals surface area contributed by atoms with Crippen LogP contribution in [0, 0.1) is 0 Å². The third kappa shape index (κ3) is 6.07. The van der Waals surface area contributed by atoms with Crippen LogP contribution in [0.2, 0.25) is 5.02 Å². The second-order valence-electron chi connectivity index (χ2n) is 9.30. The Labute approximate surface area is 220 Å². The minimum absolute atomic E-state index is 0.0657. The summed E-state index contributed by atoms with van der Waals surface area (Å²) in [5.41, 5.74) is 5.82. The van der Waals surface area contributed by atoms with Gasteiger partial charge in [0.1, 0.15) is 5.92 Å². The van der Waals surface area contributed by atoms with Gasteiger partial charge in [0.05, 0.1) is 24.6 Å². The summed E-state index contributed by atoms with van der Waals surface area (Å²) in [5, 5.41) is 12.5. The molecule has 0 bridgehead atoms. The molecule has 8 heteroatoms. The Morgan fingerprint density at radius 2 is 1.73 bits per heavy atom. The summed E-state index contributed by atoms with van der Waals surface area (Å²) in [6.07, 6.45) is 0.508. The number of benzene rings is 3. The summed E-state index contributed by atoms with van der Waals surface area (Å²) in [7, 11) is 0. The van der Waals surface area contributed by atoms with Crippen LogP contribution < -0.4 is 5.32 Å². The van der Waals surface area contributed by atoms with Crippen molar-refractivity contribution in [2.45, 2.75) is 25.3 Å². The first-order chi connectivity index (χ1) is 18.0. The Balaban J connectivity index is 1.46. The third-order valence-electron chi connectivity index (χ3n) is 6.69. The quantitative estimate of drug-likeness (QED) is 0.408. The fraction of sp³-hybridized carbons (Fsp3) is 0.276. The number of anilines is 1.